The van der Waals surface area contributed by atoms with E-state index in [2.05, 4.69) is 12.1 Å². The molecule has 2 aromatic rings. The van der Waals surface area contributed by atoms with Gasteiger partial charge in [0.05, 0.1) is 0 Å². The number of nitrogens with two attached hydrogens (primary N) is 1. The van der Waals surface area contributed by atoms with E-state index in [1.807, 2.05) is 23.1 Å². The molecule has 1 saturated heterocycles. The predicted octanol–water partition coefficient (Wildman–Crippen LogP) is 2.18. The third-order valence-corrected chi connectivity index (χ3v) is 4.31. The van der Waals surface area contributed by atoms with Crippen molar-refractivity contribution in [2.24, 2.45) is 5.73 Å². The lowest BCUT2D eigenvalue weighted by molar-refractivity contribution is -0.132. The summed E-state index contributed by atoms with van der Waals surface area (Å²) in [5.74, 6) is 0.436. The van der Waals surface area contributed by atoms with Gasteiger partial charge in [-0.25, -0.2) is 0 Å². The fourth-order valence-electron chi connectivity index (χ4n) is 2.94. The van der Waals surface area contributed by atoms with Crippen molar-refractivity contribution in [3.05, 3.63) is 65.7 Å². The number of ether oxygens (including phenoxy) is 1. The van der Waals surface area contributed by atoms with Crippen molar-refractivity contribution in [1.29, 1.82) is 0 Å². The maximum absolute atomic E-state index is 12.3. The molecule has 3 rings (SSSR count). The number of rotatable bonds is 5. The van der Waals surface area contributed by atoms with Crippen molar-refractivity contribution in [3.63, 3.8) is 0 Å². The number of primary amides is 1. The highest BCUT2D eigenvalue weighted by molar-refractivity contribution is 5.92. The molecule has 0 saturated carbocycles. The highest BCUT2D eigenvalue weighted by Gasteiger charge is 2.27. The predicted molar refractivity (Wildman–Crippen MR) is 90.8 cm³/mol. The molecule has 5 heteroatoms. The summed E-state index contributed by atoms with van der Waals surface area (Å²) < 4.78 is 5.51. The Morgan fingerprint density at radius 1 is 1.08 bits per heavy atom. The number of carbonyl (C=O) groups excluding carboxylic acids is 2. The molecule has 1 heterocycles. The number of amides is 2. The molecule has 0 spiro atoms. The van der Waals surface area contributed by atoms with Crippen molar-refractivity contribution in [3.8, 4) is 5.75 Å². The Bertz CT molecular complexity index is 713. The van der Waals surface area contributed by atoms with E-state index < -0.39 is 5.91 Å². The summed E-state index contributed by atoms with van der Waals surface area (Å²) in [5.41, 5.74) is 6.88. The average molecular weight is 324 g/mol. The van der Waals surface area contributed by atoms with E-state index in [1.54, 1.807) is 24.3 Å². The minimum Gasteiger partial charge on any atom is -0.484 e. The van der Waals surface area contributed by atoms with Gasteiger partial charge in [-0.15, -0.1) is 0 Å². The first kappa shape index (κ1) is 16.1. The lowest BCUT2D eigenvalue weighted by Crippen LogP contribution is -2.32. The van der Waals surface area contributed by atoms with Crippen LogP contribution in [0.3, 0.4) is 0 Å². The molecule has 0 unspecified atom stereocenters. The van der Waals surface area contributed by atoms with E-state index >= 15 is 0 Å². The molecule has 0 bridgehead atoms. The van der Waals surface area contributed by atoms with Crippen molar-refractivity contribution < 1.29 is 14.3 Å². The Kier molecular flexibility index (Phi) is 4.79. The van der Waals surface area contributed by atoms with Gasteiger partial charge in [-0.05, 0) is 36.2 Å². The summed E-state index contributed by atoms with van der Waals surface area (Å²) in [6.45, 7) is 1.48. The van der Waals surface area contributed by atoms with Crippen LogP contribution in [0.15, 0.2) is 54.6 Å². The van der Waals surface area contributed by atoms with Crippen LogP contribution in [0.2, 0.25) is 0 Å². The van der Waals surface area contributed by atoms with Crippen LogP contribution in [0.25, 0.3) is 0 Å². The zero-order chi connectivity index (χ0) is 16.9. The third kappa shape index (κ3) is 3.74. The first-order valence-electron chi connectivity index (χ1n) is 7.99. The molecule has 2 N–H and O–H groups in total. The molecule has 0 radical (unpaired) electrons. The molecule has 1 atom stereocenters. The maximum atomic E-state index is 12.3. The molecule has 2 amide bonds. The lowest BCUT2D eigenvalue weighted by atomic mass is 9.99. The van der Waals surface area contributed by atoms with Gasteiger partial charge in [0.2, 0.25) is 5.91 Å². The van der Waals surface area contributed by atoms with Crippen molar-refractivity contribution in [1.82, 2.24) is 4.90 Å². The Labute approximate surface area is 141 Å². The molecule has 2 aromatic carbocycles. The van der Waals surface area contributed by atoms with E-state index in [1.165, 1.54) is 5.56 Å². The molecular formula is C19H20N2O3. The van der Waals surface area contributed by atoms with E-state index in [0.717, 1.165) is 19.5 Å². The third-order valence-electron chi connectivity index (χ3n) is 4.31. The van der Waals surface area contributed by atoms with Gasteiger partial charge in [-0.2, -0.15) is 0 Å². The Morgan fingerprint density at radius 3 is 2.46 bits per heavy atom. The standard InChI is InChI=1S/C19H20N2O3/c20-19(23)15-6-8-17(9-7-15)24-13-18(22)21-11-10-16(12-21)14-4-2-1-3-5-14/h1-9,16H,10-13H2,(H2,20,23)/t16-/m1/s1. The Balaban J connectivity index is 1.51. The van der Waals surface area contributed by atoms with Gasteiger partial charge in [0.15, 0.2) is 6.61 Å². The molecule has 1 fully saturated rings. The fourth-order valence-corrected chi connectivity index (χ4v) is 2.94. The zero-order valence-corrected chi connectivity index (χ0v) is 13.4. The summed E-state index contributed by atoms with van der Waals surface area (Å²) in [4.78, 5) is 25.2. The monoisotopic (exact) mass is 324 g/mol. The van der Waals surface area contributed by atoms with Gasteiger partial charge in [0.25, 0.3) is 5.91 Å². The van der Waals surface area contributed by atoms with E-state index in [-0.39, 0.29) is 12.5 Å². The van der Waals surface area contributed by atoms with Crippen LogP contribution in [0.4, 0.5) is 0 Å². The summed E-state index contributed by atoms with van der Waals surface area (Å²) >= 11 is 0. The van der Waals surface area contributed by atoms with E-state index in [0.29, 0.717) is 17.2 Å². The minimum absolute atomic E-state index is 0.00255. The molecule has 0 aliphatic carbocycles. The van der Waals surface area contributed by atoms with Crippen LogP contribution in [0.1, 0.15) is 28.3 Å². The topological polar surface area (TPSA) is 72.6 Å². The van der Waals surface area contributed by atoms with Crippen LogP contribution in [0.5, 0.6) is 5.75 Å². The number of likely N-dealkylation sites (tertiary alicyclic amines) is 1. The number of carbonyl (C=O) groups is 2. The van der Waals surface area contributed by atoms with E-state index in [4.69, 9.17) is 10.5 Å². The SMILES string of the molecule is NC(=O)c1ccc(OCC(=O)N2CC[C@@H](c3ccccc3)C2)cc1. The summed E-state index contributed by atoms with van der Waals surface area (Å²) in [5, 5.41) is 0. The summed E-state index contributed by atoms with van der Waals surface area (Å²) in [6.07, 6.45) is 0.975. The second-order valence-electron chi connectivity index (χ2n) is 5.91. The largest absolute Gasteiger partial charge is 0.484 e. The van der Waals surface area contributed by atoms with E-state index in [9.17, 15) is 9.59 Å². The summed E-state index contributed by atoms with van der Waals surface area (Å²) in [7, 11) is 0. The Hall–Kier alpha value is -2.82. The lowest BCUT2D eigenvalue weighted by Gasteiger charge is -2.17. The smallest absolute Gasteiger partial charge is 0.260 e. The second-order valence-corrected chi connectivity index (χ2v) is 5.91. The number of hydrogen-bond acceptors (Lipinski definition) is 3. The number of hydrogen-bond donors (Lipinski definition) is 1. The van der Waals surface area contributed by atoms with Gasteiger partial charge in [0.1, 0.15) is 5.75 Å². The second kappa shape index (κ2) is 7.17. The van der Waals surface area contributed by atoms with Gasteiger partial charge in [0, 0.05) is 24.6 Å². The van der Waals surface area contributed by atoms with Crippen LogP contribution in [0, 0.1) is 0 Å². The van der Waals surface area contributed by atoms with Crippen molar-refractivity contribution in [2.75, 3.05) is 19.7 Å². The normalized spacial score (nSPS) is 16.8. The first-order valence-corrected chi connectivity index (χ1v) is 7.99. The highest BCUT2D eigenvalue weighted by atomic mass is 16.5. The van der Waals surface area contributed by atoms with Crippen LogP contribution >= 0.6 is 0 Å². The quantitative estimate of drug-likeness (QED) is 0.916. The molecule has 5 nitrogen and oxygen atoms in total. The minimum atomic E-state index is -0.485. The molecule has 0 aromatic heterocycles. The van der Waals surface area contributed by atoms with Crippen LogP contribution in [-0.4, -0.2) is 36.4 Å². The van der Waals surface area contributed by atoms with Crippen molar-refractivity contribution >= 4 is 11.8 Å². The number of benzene rings is 2. The maximum Gasteiger partial charge on any atom is 0.260 e. The van der Waals surface area contributed by atoms with Gasteiger partial charge in [-0.3, -0.25) is 9.59 Å². The molecule has 124 valence electrons. The molecule has 1 aliphatic rings. The highest BCUT2D eigenvalue weighted by Crippen LogP contribution is 2.27. The number of nitrogens with zero attached hydrogens (tertiary/aromatic N) is 1. The molecule has 24 heavy (non-hydrogen) atoms. The van der Waals surface area contributed by atoms with Gasteiger partial charge < -0.3 is 15.4 Å². The van der Waals surface area contributed by atoms with Gasteiger partial charge >= 0.3 is 0 Å². The average Bonchev–Trinajstić information content (AvgIpc) is 3.11. The zero-order valence-electron chi connectivity index (χ0n) is 13.4. The molecular weight excluding hydrogens is 304 g/mol. The van der Waals surface area contributed by atoms with Crippen molar-refractivity contribution in [2.45, 2.75) is 12.3 Å². The molecule has 1 aliphatic heterocycles. The first-order chi connectivity index (χ1) is 11.6. The van der Waals surface area contributed by atoms with Crippen LogP contribution < -0.4 is 10.5 Å². The summed E-state index contributed by atoms with van der Waals surface area (Å²) in [6, 6.07) is 16.7. The van der Waals surface area contributed by atoms with Crippen LogP contribution in [-0.2, 0) is 4.79 Å². The fraction of sp³-hybridized carbons (Fsp3) is 0.263. The van der Waals surface area contributed by atoms with Gasteiger partial charge in [-0.1, -0.05) is 30.3 Å². The Morgan fingerprint density at radius 2 is 1.79 bits per heavy atom.